The summed E-state index contributed by atoms with van der Waals surface area (Å²) in [5.41, 5.74) is 2.59. The first-order valence-corrected chi connectivity index (χ1v) is 7.93. The summed E-state index contributed by atoms with van der Waals surface area (Å²) in [5, 5.41) is 8.82. The zero-order valence-electron chi connectivity index (χ0n) is 13.0. The normalized spacial score (nSPS) is 15.2. The standard InChI is InChI=1S/C19H19N3O/c20-14-16-6-8-18(9-7-16)19(23)22-12-10-21(11-13-22)15-17-4-2-1-3-5-17/h1-9H,10-13,15H2/p+1. The number of amides is 1. The molecule has 23 heavy (non-hydrogen) atoms. The maximum absolute atomic E-state index is 12.5. The molecule has 0 unspecified atom stereocenters. The van der Waals surface area contributed by atoms with Gasteiger partial charge in [0.05, 0.1) is 37.8 Å². The third-order valence-electron chi connectivity index (χ3n) is 4.32. The summed E-state index contributed by atoms with van der Waals surface area (Å²) in [6.45, 7) is 4.51. The molecule has 0 spiro atoms. The first-order chi connectivity index (χ1) is 11.3. The van der Waals surface area contributed by atoms with Gasteiger partial charge in [-0.15, -0.1) is 0 Å². The van der Waals surface area contributed by atoms with Gasteiger partial charge in [-0.05, 0) is 24.3 Å². The maximum Gasteiger partial charge on any atom is 0.254 e. The molecule has 1 aliphatic rings. The van der Waals surface area contributed by atoms with E-state index in [0.717, 1.165) is 32.7 Å². The topological polar surface area (TPSA) is 48.5 Å². The summed E-state index contributed by atoms with van der Waals surface area (Å²) in [6, 6.07) is 19.4. The van der Waals surface area contributed by atoms with E-state index in [1.165, 1.54) is 10.5 Å². The van der Waals surface area contributed by atoms with E-state index in [1.807, 2.05) is 11.0 Å². The van der Waals surface area contributed by atoms with Crippen molar-refractivity contribution in [3.05, 3.63) is 71.3 Å². The Kier molecular flexibility index (Phi) is 4.70. The van der Waals surface area contributed by atoms with Crippen molar-refractivity contribution in [3.63, 3.8) is 0 Å². The van der Waals surface area contributed by atoms with E-state index in [4.69, 9.17) is 5.26 Å². The van der Waals surface area contributed by atoms with E-state index in [9.17, 15) is 4.79 Å². The van der Waals surface area contributed by atoms with E-state index < -0.39 is 0 Å². The predicted molar refractivity (Wildman–Crippen MR) is 87.9 cm³/mol. The van der Waals surface area contributed by atoms with Crippen LogP contribution in [0.1, 0.15) is 21.5 Å². The number of carbonyl (C=O) groups is 1. The predicted octanol–water partition coefficient (Wildman–Crippen LogP) is 1.10. The fraction of sp³-hybridized carbons (Fsp3) is 0.263. The fourth-order valence-electron chi connectivity index (χ4n) is 2.96. The quantitative estimate of drug-likeness (QED) is 0.923. The Morgan fingerprint density at radius 1 is 1.04 bits per heavy atom. The second kappa shape index (κ2) is 7.08. The van der Waals surface area contributed by atoms with Gasteiger partial charge in [0.2, 0.25) is 0 Å². The summed E-state index contributed by atoms with van der Waals surface area (Å²) in [6.07, 6.45) is 0. The number of benzene rings is 2. The highest BCUT2D eigenvalue weighted by atomic mass is 16.2. The SMILES string of the molecule is N#Cc1ccc(C(=O)N2CC[NH+](Cc3ccccc3)CC2)cc1. The Bertz CT molecular complexity index is 696. The molecule has 4 heteroatoms. The molecule has 1 saturated heterocycles. The minimum atomic E-state index is 0.0632. The van der Waals surface area contributed by atoms with Crippen LogP contribution in [0.4, 0.5) is 0 Å². The molecule has 1 N–H and O–H groups in total. The minimum Gasteiger partial charge on any atom is -0.328 e. The highest BCUT2D eigenvalue weighted by molar-refractivity contribution is 5.94. The van der Waals surface area contributed by atoms with Crippen LogP contribution in [0, 0.1) is 11.3 Å². The van der Waals surface area contributed by atoms with Crippen LogP contribution < -0.4 is 4.90 Å². The van der Waals surface area contributed by atoms with Crippen LogP contribution in [0.15, 0.2) is 54.6 Å². The van der Waals surface area contributed by atoms with Gasteiger partial charge in [-0.2, -0.15) is 5.26 Å². The van der Waals surface area contributed by atoms with Gasteiger partial charge in [-0.25, -0.2) is 0 Å². The Balaban J connectivity index is 1.56. The van der Waals surface area contributed by atoms with Crippen molar-refractivity contribution in [1.29, 1.82) is 5.26 Å². The lowest BCUT2D eigenvalue weighted by molar-refractivity contribution is -0.917. The number of hydrogen-bond donors (Lipinski definition) is 1. The number of nitrogens with one attached hydrogen (secondary N) is 1. The first kappa shape index (κ1) is 15.3. The van der Waals surface area contributed by atoms with Gasteiger partial charge in [0.25, 0.3) is 5.91 Å². The van der Waals surface area contributed by atoms with Crippen LogP contribution in [0.3, 0.4) is 0 Å². The highest BCUT2D eigenvalue weighted by Crippen LogP contribution is 2.07. The average molecular weight is 306 g/mol. The molecule has 1 amide bonds. The van der Waals surface area contributed by atoms with E-state index >= 15 is 0 Å². The molecular weight excluding hydrogens is 286 g/mol. The van der Waals surface area contributed by atoms with E-state index in [2.05, 4.69) is 30.3 Å². The fourth-order valence-corrected chi connectivity index (χ4v) is 2.96. The van der Waals surface area contributed by atoms with Gasteiger partial charge in [0.15, 0.2) is 0 Å². The number of rotatable bonds is 3. The molecule has 1 fully saturated rings. The molecule has 0 aromatic heterocycles. The van der Waals surface area contributed by atoms with Crippen molar-refractivity contribution in [2.75, 3.05) is 26.2 Å². The van der Waals surface area contributed by atoms with E-state index in [-0.39, 0.29) is 5.91 Å². The van der Waals surface area contributed by atoms with Crippen LogP contribution >= 0.6 is 0 Å². The van der Waals surface area contributed by atoms with Crippen LogP contribution in [0.2, 0.25) is 0 Å². The minimum absolute atomic E-state index is 0.0632. The number of hydrogen-bond acceptors (Lipinski definition) is 2. The Labute approximate surface area is 136 Å². The van der Waals surface area contributed by atoms with Crippen molar-refractivity contribution < 1.29 is 9.69 Å². The van der Waals surface area contributed by atoms with Crippen molar-refractivity contribution in [2.24, 2.45) is 0 Å². The van der Waals surface area contributed by atoms with Gasteiger partial charge in [-0.1, -0.05) is 30.3 Å². The number of quaternary nitrogens is 1. The second-order valence-corrected chi connectivity index (χ2v) is 5.89. The summed E-state index contributed by atoms with van der Waals surface area (Å²) in [7, 11) is 0. The van der Waals surface area contributed by atoms with Gasteiger partial charge in [0, 0.05) is 11.1 Å². The molecule has 0 atom stereocenters. The van der Waals surface area contributed by atoms with Crippen molar-refractivity contribution in [2.45, 2.75) is 6.54 Å². The first-order valence-electron chi connectivity index (χ1n) is 7.93. The molecule has 4 nitrogen and oxygen atoms in total. The van der Waals surface area contributed by atoms with Gasteiger partial charge >= 0.3 is 0 Å². The third kappa shape index (κ3) is 3.77. The summed E-state index contributed by atoms with van der Waals surface area (Å²) < 4.78 is 0. The van der Waals surface area contributed by atoms with Crippen molar-refractivity contribution >= 4 is 5.91 Å². The van der Waals surface area contributed by atoms with E-state index in [0.29, 0.717) is 11.1 Å². The smallest absolute Gasteiger partial charge is 0.254 e. The lowest BCUT2D eigenvalue weighted by atomic mass is 10.1. The number of nitrogens with zero attached hydrogens (tertiary/aromatic N) is 2. The second-order valence-electron chi connectivity index (χ2n) is 5.89. The molecule has 2 aromatic carbocycles. The molecule has 0 radical (unpaired) electrons. The highest BCUT2D eigenvalue weighted by Gasteiger charge is 2.24. The lowest BCUT2D eigenvalue weighted by Crippen LogP contribution is -3.13. The number of piperazine rings is 1. The zero-order chi connectivity index (χ0) is 16.1. The van der Waals surface area contributed by atoms with Crippen LogP contribution in [0.25, 0.3) is 0 Å². The largest absolute Gasteiger partial charge is 0.328 e. The summed E-state index contributed by atoms with van der Waals surface area (Å²) in [5.74, 6) is 0.0632. The monoisotopic (exact) mass is 306 g/mol. The maximum atomic E-state index is 12.5. The molecule has 116 valence electrons. The van der Waals surface area contributed by atoms with Crippen LogP contribution in [0.5, 0.6) is 0 Å². The molecule has 2 aromatic rings. The van der Waals surface area contributed by atoms with Crippen LogP contribution in [-0.4, -0.2) is 37.0 Å². The number of nitriles is 1. The molecular formula is C19H20N3O+. The Morgan fingerprint density at radius 3 is 2.30 bits per heavy atom. The molecule has 1 heterocycles. The van der Waals surface area contributed by atoms with Crippen molar-refractivity contribution in [1.82, 2.24) is 4.90 Å². The zero-order valence-corrected chi connectivity index (χ0v) is 13.0. The summed E-state index contributed by atoms with van der Waals surface area (Å²) in [4.78, 5) is 15.9. The molecule has 0 saturated carbocycles. The third-order valence-corrected chi connectivity index (χ3v) is 4.32. The van der Waals surface area contributed by atoms with E-state index in [1.54, 1.807) is 24.3 Å². The van der Waals surface area contributed by atoms with Crippen molar-refractivity contribution in [3.8, 4) is 6.07 Å². The molecule has 0 bridgehead atoms. The summed E-state index contributed by atoms with van der Waals surface area (Å²) >= 11 is 0. The van der Waals surface area contributed by atoms with Gasteiger partial charge in [0.1, 0.15) is 6.54 Å². The Hall–Kier alpha value is -2.64. The lowest BCUT2D eigenvalue weighted by Gasteiger charge is -2.32. The van der Waals surface area contributed by atoms with Crippen LogP contribution in [-0.2, 0) is 6.54 Å². The van der Waals surface area contributed by atoms with Gasteiger partial charge < -0.3 is 9.80 Å². The molecule has 1 aliphatic heterocycles. The number of carbonyl (C=O) groups excluding carboxylic acids is 1. The Morgan fingerprint density at radius 2 is 1.70 bits per heavy atom. The molecule has 3 rings (SSSR count). The molecule has 0 aliphatic carbocycles. The average Bonchev–Trinajstić information content (AvgIpc) is 2.63. The van der Waals surface area contributed by atoms with Gasteiger partial charge in [-0.3, -0.25) is 4.79 Å².